The second-order valence-electron chi connectivity index (χ2n) is 5.17. The summed E-state index contributed by atoms with van der Waals surface area (Å²) in [6.07, 6.45) is 0. The van der Waals surface area contributed by atoms with Gasteiger partial charge in [-0.2, -0.15) is 0 Å². The Hall–Kier alpha value is -2.13. The molecule has 138 valence electrons. The zero-order valence-corrected chi connectivity index (χ0v) is 16.1. The number of halogens is 2. The predicted octanol–water partition coefficient (Wildman–Crippen LogP) is 3.11. The average Bonchev–Trinajstić information content (AvgIpc) is 2.57. The zero-order valence-electron chi connectivity index (χ0n) is 13.8. The summed E-state index contributed by atoms with van der Waals surface area (Å²) in [5, 5.41) is 5.55. The maximum Gasteiger partial charge on any atom is 0.257 e. The number of hydrogen-bond acceptors (Lipinski definition) is 4. The third-order valence-corrected chi connectivity index (χ3v) is 5.28. The van der Waals surface area contributed by atoms with Gasteiger partial charge in [-0.15, -0.1) is 0 Å². The molecule has 0 spiro atoms. The first-order chi connectivity index (χ1) is 12.1. The van der Waals surface area contributed by atoms with E-state index < -0.39 is 15.9 Å². The van der Waals surface area contributed by atoms with Crippen LogP contribution in [0, 0.1) is 0 Å². The monoisotopic (exact) mass is 415 g/mol. The van der Waals surface area contributed by atoms with Crippen molar-refractivity contribution >= 4 is 56.4 Å². The molecule has 0 atom stereocenters. The normalized spacial score (nSPS) is 11.1. The van der Waals surface area contributed by atoms with Crippen LogP contribution in [-0.4, -0.2) is 27.3 Å². The Morgan fingerprint density at radius 3 is 2.27 bits per heavy atom. The minimum absolute atomic E-state index is 0.0447. The molecule has 0 fully saturated rings. The number of carbonyl (C=O) groups excluding carboxylic acids is 2. The van der Waals surface area contributed by atoms with Gasteiger partial charge in [0.05, 0.1) is 26.9 Å². The second kappa shape index (κ2) is 8.05. The van der Waals surface area contributed by atoms with Crippen LogP contribution in [0.5, 0.6) is 0 Å². The van der Waals surface area contributed by atoms with Gasteiger partial charge in [0, 0.05) is 11.9 Å². The van der Waals surface area contributed by atoms with Crippen LogP contribution in [0.1, 0.15) is 17.3 Å². The molecule has 0 heterocycles. The van der Waals surface area contributed by atoms with Crippen LogP contribution in [0.4, 0.5) is 11.4 Å². The maximum atomic E-state index is 12.6. The second-order valence-corrected chi connectivity index (χ2v) is 7.90. The van der Waals surface area contributed by atoms with Gasteiger partial charge < -0.3 is 10.6 Å². The molecule has 0 radical (unpaired) electrons. The molecule has 2 rings (SSSR count). The lowest BCUT2D eigenvalue weighted by molar-refractivity contribution is -0.114. The van der Waals surface area contributed by atoms with Crippen LogP contribution in [0.2, 0.25) is 10.0 Å². The molecule has 2 aromatic rings. The molecular weight excluding hydrogens is 401 g/mol. The quantitative estimate of drug-likeness (QED) is 0.697. The fourth-order valence-electron chi connectivity index (χ4n) is 2.07. The summed E-state index contributed by atoms with van der Waals surface area (Å²) in [7, 11) is -2.48. The van der Waals surface area contributed by atoms with Gasteiger partial charge >= 0.3 is 0 Å². The van der Waals surface area contributed by atoms with E-state index in [0.717, 1.165) is 6.07 Å². The highest BCUT2D eigenvalue weighted by atomic mass is 35.5. The molecule has 7 nitrogen and oxygen atoms in total. The van der Waals surface area contributed by atoms with Crippen molar-refractivity contribution in [1.82, 2.24) is 4.72 Å². The van der Waals surface area contributed by atoms with Crippen molar-refractivity contribution in [2.24, 2.45) is 0 Å². The minimum atomic E-state index is -3.74. The van der Waals surface area contributed by atoms with Crippen molar-refractivity contribution in [3.05, 3.63) is 52.0 Å². The Balaban J connectivity index is 2.41. The number of nitrogens with one attached hydrogen (secondary N) is 3. The Bertz CT molecular complexity index is 977. The molecule has 0 aliphatic carbocycles. The predicted molar refractivity (Wildman–Crippen MR) is 101 cm³/mol. The molecule has 0 saturated carbocycles. The number of amides is 2. The van der Waals surface area contributed by atoms with Crippen molar-refractivity contribution in [3.63, 3.8) is 0 Å². The van der Waals surface area contributed by atoms with Crippen molar-refractivity contribution in [2.75, 3.05) is 17.7 Å². The van der Waals surface area contributed by atoms with Gasteiger partial charge in [-0.25, -0.2) is 13.1 Å². The number of benzene rings is 2. The largest absolute Gasteiger partial charge is 0.325 e. The molecule has 0 aromatic heterocycles. The SMILES string of the molecule is CNS(=O)(=O)c1ccc(Cl)c(C(=O)Nc2cc(Cl)ccc2NC(C)=O)c1. The fraction of sp³-hybridized carbons (Fsp3) is 0.125. The first-order valence-electron chi connectivity index (χ1n) is 7.25. The summed E-state index contributed by atoms with van der Waals surface area (Å²) < 4.78 is 26.0. The number of anilines is 2. The molecular formula is C16H15Cl2N3O4S. The lowest BCUT2D eigenvalue weighted by Crippen LogP contribution is -2.20. The van der Waals surface area contributed by atoms with Crippen molar-refractivity contribution in [1.29, 1.82) is 0 Å². The number of carbonyl (C=O) groups is 2. The van der Waals surface area contributed by atoms with Crippen LogP contribution < -0.4 is 15.4 Å². The minimum Gasteiger partial charge on any atom is -0.325 e. The molecule has 0 saturated heterocycles. The van der Waals surface area contributed by atoms with E-state index in [1.54, 1.807) is 6.07 Å². The van der Waals surface area contributed by atoms with E-state index in [-0.39, 0.29) is 27.1 Å². The molecule has 10 heteroatoms. The summed E-state index contributed by atoms with van der Waals surface area (Å²) in [5.74, 6) is -0.986. The van der Waals surface area contributed by atoms with E-state index >= 15 is 0 Å². The van der Waals surface area contributed by atoms with Crippen LogP contribution >= 0.6 is 23.2 Å². The van der Waals surface area contributed by atoms with Crippen LogP contribution in [0.3, 0.4) is 0 Å². The van der Waals surface area contributed by atoms with Gasteiger partial charge in [0.25, 0.3) is 5.91 Å². The first-order valence-corrected chi connectivity index (χ1v) is 9.49. The highest BCUT2D eigenvalue weighted by molar-refractivity contribution is 7.89. The van der Waals surface area contributed by atoms with E-state index in [9.17, 15) is 18.0 Å². The lowest BCUT2D eigenvalue weighted by Gasteiger charge is -2.13. The zero-order chi connectivity index (χ0) is 19.5. The van der Waals surface area contributed by atoms with Crippen molar-refractivity contribution in [3.8, 4) is 0 Å². The molecule has 2 amide bonds. The molecule has 26 heavy (non-hydrogen) atoms. The summed E-state index contributed by atoms with van der Waals surface area (Å²) in [6, 6.07) is 8.29. The average molecular weight is 416 g/mol. The highest BCUT2D eigenvalue weighted by Gasteiger charge is 2.18. The van der Waals surface area contributed by atoms with Gasteiger partial charge in [0.1, 0.15) is 0 Å². The summed E-state index contributed by atoms with van der Waals surface area (Å²) in [5.41, 5.74) is 0.540. The molecule has 3 N–H and O–H groups in total. The van der Waals surface area contributed by atoms with Crippen LogP contribution in [-0.2, 0) is 14.8 Å². The Labute approximate surface area is 160 Å². The van der Waals surface area contributed by atoms with Gasteiger partial charge in [-0.3, -0.25) is 9.59 Å². The van der Waals surface area contributed by atoms with Crippen LogP contribution in [0.25, 0.3) is 0 Å². The van der Waals surface area contributed by atoms with Gasteiger partial charge in [-0.1, -0.05) is 23.2 Å². The van der Waals surface area contributed by atoms with Crippen molar-refractivity contribution < 1.29 is 18.0 Å². The third-order valence-electron chi connectivity index (χ3n) is 3.30. The smallest absolute Gasteiger partial charge is 0.257 e. The third kappa shape index (κ3) is 4.73. The number of sulfonamides is 1. The van der Waals surface area contributed by atoms with E-state index in [0.29, 0.717) is 10.7 Å². The summed E-state index contributed by atoms with van der Waals surface area (Å²) in [6.45, 7) is 1.32. The van der Waals surface area contributed by atoms with E-state index in [2.05, 4.69) is 15.4 Å². The molecule has 0 bridgehead atoms. The molecule has 0 aliphatic heterocycles. The standard InChI is InChI=1S/C16H15Cl2N3O4S/c1-9(22)20-14-6-3-10(17)7-15(14)21-16(23)12-8-11(4-5-13(12)18)26(24,25)19-2/h3-8,19H,1-2H3,(H,20,22)(H,21,23). The summed E-state index contributed by atoms with van der Waals surface area (Å²) >= 11 is 12.0. The Kier molecular flexibility index (Phi) is 6.25. The molecule has 0 unspecified atom stereocenters. The van der Waals surface area contributed by atoms with E-state index in [1.807, 2.05) is 0 Å². The molecule has 2 aromatic carbocycles. The lowest BCUT2D eigenvalue weighted by atomic mass is 10.2. The Morgan fingerprint density at radius 2 is 1.65 bits per heavy atom. The Morgan fingerprint density at radius 1 is 0.962 bits per heavy atom. The fourth-order valence-corrected chi connectivity index (χ4v) is 3.20. The number of rotatable bonds is 5. The van der Waals surface area contributed by atoms with E-state index in [1.165, 1.54) is 38.2 Å². The summed E-state index contributed by atoms with van der Waals surface area (Å²) in [4.78, 5) is 23.8. The van der Waals surface area contributed by atoms with Crippen molar-refractivity contribution in [2.45, 2.75) is 11.8 Å². The van der Waals surface area contributed by atoms with Crippen LogP contribution in [0.15, 0.2) is 41.3 Å². The van der Waals surface area contributed by atoms with Gasteiger partial charge in [-0.05, 0) is 43.4 Å². The van der Waals surface area contributed by atoms with Gasteiger partial charge in [0.15, 0.2) is 0 Å². The van der Waals surface area contributed by atoms with E-state index in [4.69, 9.17) is 23.2 Å². The molecule has 0 aliphatic rings. The number of hydrogen-bond donors (Lipinski definition) is 3. The topological polar surface area (TPSA) is 104 Å². The maximum absolute atomic E-state index is 12.6. The highest BCUT2D eigenvalue weighted by Crippen LogP contribution is 2.28. The first kappa shape index (κ1) is 20.2. The van der Waals surface area contributed by atoms with Gasteiger partial charge in [0.2, 0.25) is 15.9 Å².